The Morgan fingerprint density at radius 3 is 2.58 bits per heavy atom. The van der Waals surface area contributed by atoms with Crippen LogP contribution in [0, 0.1) is 0 Å². The molecule has 1 aromatic rings. The number of nitrogens with zero attached hydrogens (tertiary/aromatic N) is 2. The van der Waals surface area contributed by atoms with Gasteiger partial charge < -0.3 is 5.32 Å². The summed E-state index contributed by atoms with van der Waals surface area (Å²) < 4.78 is 0. The van der Waals surface area contributed by atoms with E-state index in [-0.39, 0.29) is 0 Å². The van der Waals surface area contributed by atoms with Crippen molar-refractivity contribution >= 4 is 5.69 Å². The molecule has 1 rings (SSSR count). The van der Waals surface area contributed by atoms with E-state index in [0.717, 1.165) is 18.5 Å². The van der Waals surface area contributed by atoms with Gasteiger partial charge in [0.25, 0.3) is 0 Å². The minimum atomic E-state index is 0.550. The van der Waals surface area contributed by atoms with Crippen molar-refractivity contribution in [1.82, 2.24) is 10.2 Å². The van der Waals surface area contributed by atoms with Crippen LogP contribution in [0.2, 0.25) is 0 Å². The SMILES string of the molecule is CCC(CC)Nc1ccnnc1. The summed E-state index contributed by atoms with van der Waals surface area (Å²) in [7, 11) is 0. The molecule has 3 nitrogen and oxygen atoms in total. The van der Waals surface area contributed by atoms with Gasteiger partial charge in [-0.1, -0.05) is 13.8 Å². The minimum Gasteiger partial charge on any atom is -0.381 e. The molecular weight excluding hydrogens is 150 g/mol. The lowest BCUT2D eigenvalue weighted by Crippen LogP contribution is -2.16. The second kappa shape index (κ2) is 4.70. The van der Waals surface area contributed by atoms with Crippen molar-refractivity contribution in [3.8, 4) is 0 Å². The number of aromatic nitrogens is 2. The fraction of sp³-hybridized carbons (Fsp3) is 0.556. The number of hydrogen-bond donors (Lipinski definition) is 1. The summed E-state index contributed by atoms with van der Waals surface area (Å²) in [5.41, 5.74) is 1.05. The Balaban J connectivity index is 2.51. The summed E-state index contributed by atoms with van der Waals surface area (Å²) in [6, 6.07) is 2.49. The monoisotopic (exact) mass is 165 g/mol. The van der Waals surface area contributed by atoms with E-state index >= 15 is 0 Å². The van der Waals surface area contributed by atoms with Crippen LogP contribution < -0.4 is 5.32 Å². The van der Waals surface area contributed by atoms with E-state index in [2.05, 4.69) is 29.4 Å². The fourth-order valence-corrected chi connectivity index (χ4v) is 1.10. The van der Waals surface area contributed by atoms with E-state index in [0.29, 0.717) is 6.04 Å². The molecular formula is C9H15N3. The van der Waals surface area contributed by atoms with E-state index < -0.39 is 0 Å². The third kappa shape index (κ3) is 2.49. The van der Waals surface area contributed by atoms with Gasteiger partial charge in [0.15, 0.2) is 0 Å². The van der Waals surface area contributed by atoms with Gasteiger partial charge in [0.2, 0.25) is 0 Å². The van der Waals surface area contributed by atoms with Crippen LogP contribution in [-0.4, -0.2) is 16.2 Å². The Labute approximate surface area is 73.2 Å². The molecule has 1 N–H and O–H groups in total. The lowest BCUT2D eigenvalue weighted by Gasteiger charge is -2.14. The normalized spacial score (nSPS) is 10.2. The molecule has 0 bridgehead atoms. The molecule has 12 heavy (non-hydrogen) atoms. The molecule has 0 fully saturated rings. The summed E-state index contributed by atoms with van der Waals surface area (Å²) in [5.74, 6) is 0. The maximum absolute atomic E-state index is 3.79. The molecule has 0 aromatic carbocycles. The number of hydrogen-bond acceptors (Lipinski definition) is 3. The third-order valence-electron chi connectivity index (χ3n) is 1.94. The fourth-order valence-electron chi connectivity index (χ4n) is 1.10. The lowest BCUT2D eigenvalue weighted by molar-refractivity contribution is 0.671. The molecule has 1 heterocycles. The van der Waals surface area contributed by atoms with Crippen LogP contribution in [0.4, 0.5) is 5.69 Å². The van der Waals surface area contributed by atoms with Crippen molar-refractivity contribution in [2.45, 2.75) is 32.7 Å². The van der Waals surface area contributed by atoms with Gasteiger partial charge in [0, 0.05) is 6.04 Å². The summed E-state index contributed by atoms with van der Waals surface area (Å²) in [6.07, 6.45) is 5.72. The Hall–Kier alpha value is -1.12. The van der Waals surface area contributed by atoms with Gasteiger partial charge in [-0.05, 0) is 18.9 Å². The molecule has 0 aliphatic rings. The Bertz CT molecular complexity index is 206. The van der Waals surface area contributed by atoms with Crippen LogP contribution in [0.25, 0.3) is 0 Å². The minimum absolute atomic E-state index is 0.550. The Morgan fingerprint density at radius 1 is 1.33 bits per heavy atom. The standard InChI is InChI=1S/C9H15N3/c1-3-8(4-2)12-9-5-6-10-11-7-9/h5-8H,3-4H2,1-2H3,(H,10,12). The molecule has 0 spiro atoms. The van der Waals surface area contributed by atoms with Crippen molar-refractivity contribution < 1.29 is 0 Å². The molecule has 1 aromatic heterocycles. The van der Waals surface area contributed by atoms with Gasteiger partial charge in [-0.15, -0.1) is 0 Å². The van der Waals surface area contributed by atoms with Gasteiger partial charge in [-0.3, -0.25) is 0 Å². The number of anilines is 1. The van der Waals surface area contributed by atoms with E-state index in [1.54, 1.807) is 12.4 Å². The van der Waals surface area contributed by atoms with E-state index in [1.807, 2.05) is 6.07 Å². The molecule has 0 unspecified atom stereocenters. The first-order valence-corrected chi connectivity index (χ1v) is 4.40. The van der Waals surface area contributed by atoms with Crippen molar-refractivity contribution in [1.29, 1.82) is 0 Å². The zero-order valence-corrected chi connectivity index (χ0v) is 7.62. The first-order chi connectivity index (χ1) is 5.86. The second-order valence-electron chi connectivity index (χ2n) is 2.79. The molecule has 0 saturated carbocycles. The topological polar surface area (TPSA) is 37.8 Å². The van der Waals surface area contributed by atoms with Gasteiger partial charge in [-0.2, -0.15) is 10.2 Å². The van der Waals surface area contributed by atoms with Crippen LogP contribution in [0.5, 0.6) is 0 Å². The highest BCUT2D eigenvalue weighted by atomic mass is 15.1. The highest BCUT2D eigenvalue weighted by Crippen LogP contribution is 2.08. The van der Waals surface area contributed by atoms with Gasteiger partial charge in [0.1, 0.15) is 0 Å². The average molecular weight is 165 g/mol. The molecule has 0 saturated heterocycles. The maximum atomic E-state index is 3.79. The van der Waals surface area contributed by atoms with Gasteiger partial charge in [-0.25, -0.2) is 0 Å². The molecule has 0 aliphatic heterocycles. The number of nitrogens with one attached hydrogen (secondary N) is 1. The zero-order chi connectivity index (χ0) is 8.81. The lowest BCUT2D eigenvalue weighted by atomic mass is 10.2. The predicted octanol–water partition coefficient (Wildman–Crippen LogP) is 2.08. The highest BCUT2D eigenvalue weighted by Gasteiger charge is 2.01. The van der Waals surface area contributed by atoms with Crippen LogP contribution in [0.15, 0.2) is 18.5 Å². The van der Waals surface area contributed by atoms with Crippen molar-refractivity contribution in [3.63, 3.8) is 0 Å². The Kier molecular flexibility index (Phi) is 3.51. The smallest absolute Gasteiger partial charge is 0.0727 e. The van der Waals surface area contributed by atoms with Crippen LogP contribution in [0.1, 0.15) is 26.7 Å². The van der Waals surface area contributed by atoms with Crippen molar-refractivity contribution in [2.75, 3.05) is 5.32 Å². The highest BCUT2D eigenvalue weighted by molar-refractivity contribution is 5.39. The largest absolute Gasteiger partial charge is 0.381 e. The van der Waals surface area contributed by atoms with Crippen LogP contribution >= 0.6 is 0 Å². The summed E-state index contributed by atoms with van der Waals surface area (Å²) in [6.45, 7) is 4.35. The predicted molar refractivity (Wildman–Crippen MR) is 50.0 cm³/mol. The first-order valence-electron chi connectivity index (χ1n) is 4.40. The maximum Gasteiger partial charge on any atom is 0.0727 e. The zero-order valence-electron chi connectivity index (χ0n) is 7.62. The van der Waals surface area contributed by atoms with Crippen molar-refractivity contribution in [2.24, 2.45) is 0 Å². The Morgan fingerprint density at radius 2 is 2.08 bits per heavy atom. The molecule has 0 amide bonds. The van der Waals surface area contributed by atoms with E-state index in [4.69, 9.17) is 0 Å². The molecule has 3 heteroatoms. The molecule has 0 atom stereocenters. The molecule has 0 radical (unpaired) electrons. The number of rotatable bonds is 4. The van der Waals surface area contributed by atoms with Gasteiger partial charge in [0.05, 0.1) is 18.1 Å². The van der Waals surface area contributed by atoms with E-state index in [9.17, 15) is 0 Å². The quantitative estimate of drug-likeness (QED) is 0.742. The first kappa shape index (κ1) is 8.97. The molecule has 0 aliphatic carbocycles. The third-order valence-corrected chi connectivity index (χ3v) is 1.94. The molecule has 66 valence electrons. The van der Waals surface area contributed by atoms with Crippen LogP contribution in [-0.2, 0) is 0 Å². The summed E-state index contributed by atoms with van der Waals surface area (Å²) >= 11 is 0. The van der Waals surface area contributed by atoms with Crippen LogP contribution in [0.3, 0.4) is 0 Å². The summed E-state index contributed by atoms with van der Waals surface area (Å²) in [5, 5.41) is 10.9. The van der Waals surface area contributed by atoms with Crippen molar-refractivity contribution in [3.05, 3.63) is 18.5 Å². The average Bonchev–Trinajstić information content (AvgIpc) is 2.16. The van der Waals surface area contributed by atoms with Gasteiger partial charge >= 0.3 is 0 Å². The second-order valence-corrected chi connectivity index (χ2v) is 2.79. The summed E-state index contributed by atoms with van der Waals surface area (Å²) in [4.78, 5) is 0. The van der Waals surface area contributed by atoms with E-state index in [1.165, 1.54) is 0 Å².